The van der Waals surface area contributed by atoms with Crippen molar-refractivity contribution in [2.24, 2.45) is 0 Å². The van der Waals surface area contributed by atoms with Gasteiger partial charge < -0.3 is 14.6 Å². The van der Waals surface area contributed by atoms with Crippen molar-refractivity contribution in [3.63, 3.8) is 0 Å². The number of carboxylic acids is 1. The van der Waals surface area contributed by atoms with Crippen LogP contribution >= 0.6 is 23.4 Å². The van der Waals surface area contributed by atoms with Gasteiger partial charge in [-0.25, -0.2) is 0 Å². The van der Waals surface area contributed by atoms with Gasteiger partial charge in [0.05, 0.1) is 10.6 Å². The highest BCUT2D eigenvalue weighted by molar-refractivity contribution is 8.13. The molecule has 0 atom stereocenters. The number of rotatable bonds is 7. The number of hydrogen-bond donors (Lipinski definition) is 3. The summed E-state index contributed by atoms with van der Waals surface area (Å²) in [6.07, 6.45) is 5.54. The minimum atomic E-state index is -0.885. The Hall–Kier alpha value is -2.17. The number of carboxylic acid groups (broad SMARTS) is 1. The third kappa shape index (κ3) is 7.08. The third-order valence-electron chi connectivity index (χ3n) is 2.47. The van der Waals surface area contributed by atoms with Gasteiger partial charge in [-0.15, -0.1) is 6.42 Å². The highest BCUT2D eigenvalue weighted by Crippen LogP contribution is 2.24. The summed E-state index contributed by atoms with van der Waals surface area (Å²) in [7, 11) is 0. The van der Waals surface area contributed by atoms with Gasteiger partial charge in [-0.2, -0.15) is 0 Å². The van der Waals surface area contributed by atoms with Gasteiger partial charge in [0.25, 0.3) is 0 Å². The van der Waals surface area contributed by atoms with Gasteiger partial charge in [0.2, 0.25) is 11.1 Å². The molecule has 0 unspecified atom stereocenters. The van der Waals surface area contributed by atoms with Gasteiger partial charge in [0, 0.05) is 12.2 Å². The van der Waals surface area contributed by atoms with Crippen molar-refractivity contribution in [1.29, 1.82) is 10.8 Å². The van der Waals surface area contributed by atoms with Crippen molar-refractivity contribution < 1.29 is 19.4 Å². The number of carbonyl (C=O) groups is 1. The zero-order valence-corrected chi connectivity index (χ0v) is 13.7. The molecule has 0 heterocycles. The molecule has 6 nitrogen and oxygen atoms in total. The largest absolute Gasteiger partial charge is 0.481 e. The van der Waals surface area contributed by atoms with E-state index in [1.54, 1.807) is 12.1 Å². The molecule has 23 heavy (non-hydrogen) atoms. The molecule has 0 aliphatic rings. The Balaban J connectivity index is 2.52. The number of nitrogens with one attached hydrogen (secondary N) is 2. The van der Waals surface area contributed by atoms with Crippen LogP contribution in [0.15, 0.2) is 18.2 Å². The monoisotopic (exact) mass is 354 g/mol. The summed E-state index contributed by atoms with van der Waals surface area (Å²) in [4.78, 5) is 10.4. The summed E-state index contributed by atoms with van der Waals surface area (Å²) in [5.41, 5.74) is 0.315. The van der Waals surface area contributed by atoms with Crippen molar-refractivity contribution in [3.8, 4) is 18.1 Å². The average molecular weight is 355 g/mol. The Labute approximate surface area is 143 Å². The van der Waals surface area contributed by atoms with Gasteiger partial charge in [0.15, 0.2) is 0 Å². The lowest BCUT2D eigenvalue weighted by Gasteiger charge is -2.10. The quantitative estimate of drug-likeness (QED) is 0.302. The number of aliphatic carboxylic acids is 1. The maximum absolute atomic E-state index is 10.4. The summed E-state index contributed by atoms with van der Waals surface area (Å²) in [5, 5.41) is 24.0. The van der Waals surface area contributed by atoms with E-state index in [0.29, 0.717) is 23.5 Å². The molecule has 0 amide bonds. The minimum Gasteiger partial charge on any atom is -0.481 e. The summed E-state index contributed by atoms with van der Waals surface area (Å²) >= 11 is 7.08. The van der Waals surface area contributed by atoms with Crippen LogP contribution in [0, 0.1) is 23.2 Å². The fourth-order valence-electron chi connectivity index (χ4n) is 1.46. The second kappa shape index (κ2) is 9.77. The van der Waals surface area contributed by atoms with Gasteiger partial charge in [-0.3, -0.25) is 15.6 Å². The van der Waals surface area contributed by atoms with E-state index >= 15 is 0 Å². The van der Waals surface area contributed by atoms with Gasteiger partial charge in [-0.05, 0) is 24.6 Å². The summed E-state index contributed by atoms with van der Waals surface area (Å²) in [6.45, 7) is 0.112. The van der Waals surface area contributed by atoms with Crippen LogP contribution in [-0.2, 0) is 9.53 Å². The average Bonchev–Trinajstić information content (AvgIpc) is 2.49. The van der Waals surface area contributed by atoms with E-state index in [2.05, 4.69) is 5.92 Å². The van der Waals surface area contributed by atoms with E-state index in [0.717, 1.165) is 11.8 Å². The lowest BCUT2D eigenvalue weighted by molar-refractivity contribution is -0.137. The maximum atomic E-state index is 10.4. The Bertz CT molecular complexity index is 643. The molecule has 0 saturated heterocycles. The zero-order chi connectivity index (χ0) is 17.2. The molecule has 8 heteroatoms. The molecule has 0 bridgehead atoms. The van der Waals surface area contributed by atoms with E-state index in [4.69, 9.17) is 43.4 Å². The predicted molar refractivity (Wildman–Crippen MR) is 90.7 cm³/mol. The van der Waals surface area contributed by atoms with Gasteiger partial charge in [0.1, 0.15) is 12.4 Å². The summed E-state index contributed by atoms with van der Waals surface area (Å²) < 4.78 is 10.3. The molecule has 0 aliphatic carbocycles. The molecule has 0 saturated carbocycles. The number of benzene rings is 1. The molecular weight excluding hydrogens is 340 g/mol. The number of hydrogen-bond acceptors (Lipinski definition) is 6. The van der Waals surface area contributed by atoms with Crippen LogP contribution in [0.4, 0.5) is 0 Å². The fraction of sp³-hybridized carbons (Fsp3) is 0.267. The number of ether oxygens (including phenoxy) is 2. The highest BCUT2D eigenvalue weighted by atomic mass is 35.5. The van der Waals surface area contributed by atoms with Crippen LogP contribution in [0.3, 0.4) is 0 Å². The van der Waals surface area contributed by atoms with Crippen molar-refractivity contribution in [3.05, 3.63) is 28.8 Å². The molecule has 0 fully saturated rings. The van der Waals surface area contributed by atoms with E-state index < -0.39 is 5.97 Å². The van der Waals surface area contributed by atoms with E-state index in [-0.39, 0.29) is 29.2 Å². The molecule has 0 aromatic heterocycles. The molecule has 3 N–H and O–H groups in total. The molecule has 0 spiro atoms. The Morgan fingerprint density at radius 1 is 1.43 bits per heavy atom. The van der Waals surface area contributed by atoms with Crippen LogP contribution < -0.4 is 4.74 Å². The van der Waals surface area contributed by atoms with Crippen LogP contribution in [0.25, 0.3) is 0 Å². The topological polar surface area (TPSA) is 103 Å². The summed E-state index contributed by atoms with van der Waals surface area (Å²) in [5.74, 6) is 2.07. The normalized spacial score (nSPS) is 9.74. The van der Waals surface area contributed by atoms with Gasteiger partial charge >= 0.3 is 5.97 Å². The molecule has 1 rings (SSSR count). The summed E-state index contributed by atoms with van der Waals surface area (Å²) in [6, 6.07) is 4.65. The first kappa shape index (κ1) is 18.9. The second-order valence-electron chi connectivity index (χ2n) is 4.20. The van der Waals surface area contributed by atoms with Crippen molar-refractivity contribution in [1.82, 2.24) is 0 Å². The zero-order valence-electron chi connectivity index (χ0n) is 12.1. The lowest BCUT2D eigenvalue weighted by Crippen LogP contribution is -2.10. The third-order valence-corrected chi connectivity index (χ3v) is 3.62. The van der Waals surface area contributed by atoms with E-state index in [9.17, 15) is 4.79 Å². The molecule has 1 aromatic carbocycles. The van der Waals surface area contributed by atoms with Crippen molar-refractivity contribution in [2.45, 2.75) is 12.8 Å². The van der Waals surface area contributed by atoms with Gasteiger partial charge in [-0.1, -0.05) is 29.3 Å². The Kier molecular flexibility index (Phi) is 8.02. The molecule has 122 valence electrons. The number of thioether (sulfide) groups is 1. The van der Waals surface area contributed by atoms with Crippen LogP contribution in [-0.4, -0.2) is 34.6 Å². The minimum absolute atomic E-state index is 0.0304. The number of halogens is 1. The molecule has 0 aliphatic heterocycles. The van der Waals surface area contributed by atoms with Crippen molar-refractivity contribution in [2.75, 3.05) is 12.4 Å². The second-order valence-corrected chi connectivity index (χ2v) is 5.67. The first-order valence-corrected chi connectivity index (χ1v) is 7.86. The highest BCUT2D eigenvalue weighted by Gasteiger charge is 2.12. The molecule has 0 radical (unpaired) electrons. The SMILES string of the molecule is C#CCOc1ccc(C(=N)OC(=N)SCCCC(=O)O)c(Cl)c1. The number of terminal acetylenes is 1. The lowest BCUT2D eigenvalue weighted by atomic mass is 10.2. The van der Waals surface area contributed by atoms with Crippen molar-refractivity contribution >= 4 is 40.5 Å². The van der Waals surface area contributed by atoms with Crippen LogP contribution in [0.1, 0.15) is 18.4 Å². The maximum Gasteiger partial charge on any atom is 0.303 e. The Morgan fingerprint density at radius 2 is 2.17 bits per heavy atom. The Morgan fingerprint density at radius 3 is 2.78 bits per heavy atom. The van der Waals surface area contributed by atoms with Crippen LogP contribution in [0.5, 0.6) is 5.75 Å². The molecule has 1 aromatic rings. The van der Waals surface area contributed by atoms with Crippen LogP contribution in [0.2, 0.25) is 5.02 Å². The molecular formula is C15H15ClN2O4S. The van der Waals surface area contributed by atoms with E-state index in [1.807, 2.05) is 0 Å². The van der Waals surface area contributed by atoms with E-state index in [1.165, 1.54) is 6.07 Å². The first-order chi connectivity index (χ1) is 10.9. The fourth-order valence-corrected chi connectivity index (χ4v) is 2.33. The predicted octanol–water partition coefficient (Wildman–Crippen LogP) is 3.23. The standard InChI is InChI=1S/C15H15ClN2O4S/c1-2-7-21-10-5-6-11(12(16)9-10)14(17)22-15(18)23-8-3-4-13(19)20/h1,5-6,9,17-18H,3-4,7-8H2,(H,19,20). The first-order valence-electron chi connectivity index (χ1n) is 6.49. The smallest absolute Gasteiger partial charge is 0.303 e.